The summed E-state index contributed by atoms with van der Waals surface area (Å²) in [5.74, 6) is 0.826. The van der Waals surface area contributed by atoms with E-state index in [1.165, 1.54) is 6.07 Å². The van der Waals surface area contributed by atoms with Gasteiger partial charge < -0.3 is 10.2 Å². The molecule has 1 fully saturated rings. The molecule has 1 N–H and O–H groups in total. The van der Waals surface area contributed by atoms with E-state index in [1.807, 2.05) is 12.1 Å². The van der Waals surface area contributed by atoms with Gasteiger partial charge in [0.15, 0.2) is 0 Å². The predicted octanol–water partition coefficient (Wildman–Crippen LogP) is 2.26. The maximum Gasteiger partial charge on any atom is 0.270 e. The molecule has 0 radical (unpaired) electrons. The Morgan fingerprint density at radius 2 is 2.25 bits per heavy atom. The van der Waals surface area contributed by atoms with Crippen LogP contribution in [-0.2, 0) is 0 Å². The van der Waals surface area contributed by atoms with Gasteiger partial charge in [-0.15, -0.1) is 0 Å². The average Bonchev–Trinajstić information content (AvgIpc) is 2.83. The van der Waals surface area contributed by atoms with Crippen LogP contribution >= 0.6 is 0 Å². The summed E-state index contributed by atoms with van der Waals surface area (Å²) in [6, 6.07) is 8.90. The molecule has 0 bridgehead atoms. The van der Waals surface area contributed by atoms with Gasteiger partial charge in [-0.05, 0) is 38.2 Å². The molecule has 20 heavy (non-hydrogen) atoms. The number of hydrogen-bond acceptors (Lipinski definition) is 5. The Hall–Kier alpha value is -2.21. The van der Waals surface area contributed by atoms with Gasteiger partial charge in [0.2, 0.25) is 0 Å². The lowest BCUT2D eigenvalue weighted by Gasteiger charge is -2.13. The minimum Gasteiger partial charge on any atom is -0.366 e. The van der Waals surface area contributed by atoms with Crippen molar-refractivity contribution in [3.05, 3.63) is 40.4 Å². The molecule has 0 spiro atoms. The number of pyridine rings is 1. The molecule has 6 nitrogen and oxygen atoms in total. The zero-order valence-corrected chi connectivity index (χ0v) is 11.2. The molecule has 3 rings (SSSR count). The minimum absolute atomic E-state index is 0.0948. The van der Waals surface area contributed by atoms with Crippen molar-refractivity contribution < 1.29 is 4.92 Å². The average molecular weight is 272 g/mol. The van der Waals surface area contributed by atoms with E-state index in [-0.39, 0.29) is 10.6 Å². The SMILES string of the molecule is CN1CCC(Nc2ccc3cc([N+](=O)[O-])ccc3n2)C1. The van der Waals surface area contributed by atoms with Crippen molar-refractivity contribution in [2.24, 2.45) is 0 Å². The first-order valence-electron chi connectivity index (χ1n) is 6.62. The summed E-state index contributed by atoms with van der Waals surface area (Å²) in [7, 11) is 2.11. The highest BCUT2D eigenvalue weighted by Crippen LogP contribution is 2.22. The first-order valence-corrected chi connectivity index (χ1v) is 6.62. The molecule has 0 amide bonds. The van der Waals surface area contributed by atoms with Crippen molar-refractivity contribution in [2.45, 2.75) is 12.5 Å². The fourth-order valence-electron chi connectivity index (χ4n) is 2.57. The molecular weight excluding hydrogens is 256 g/mol. The van der Waals surface area contributed by atoms with E-state index in [9.17, 15) is 10.1 Å². The Morgan fingerprint density at radius 1 is 1.40 bits per heavy atom. The van der Waals surface area contributed by atoms with E-state index < -0.39 is 0 Å². The second-order valence-electron chi connectivity index (χ2n) is 5.22. The van der Waals surface area contributed by atoms with Crippen LogP contribution in [0.15, 0.2) is 30.3 Å². The van der Waals surface area contributed by atoms with Gasteiger partial charge in [-0.1, -0.05) is 0 Å². The number of nitro benzene ring substituents is 1. The number of likely N-dealkylation sites (N-methyl/N-ethyl adjacent to an activating group) is 1. The fraction of sp³-hybridized carbons (Fsp3) is 0.357. The first-order chi connectivity index (χ1) is 9.61. The molecule has 1 atom stereocenters. The van der Waals surface area contributed by atoms with Gasteiger partial charge in [-0.2, -0.15) is 0 Å². The summed E-state index contributed by atoms with van der Waals surface area (Å²) in [6.45, 7) is 2.11. The Balaban J connectivity index is 1.84. The number of aromatic nitrogens is 1. The molecular formula is C14H16N4O2. The Kier molecular flexibility index (Phi) is 3.23. The maximum absolute atomic E-state index is 10.7. The number of fused-ring (bicyclic) bond motifs is 1. The highest BCUT2D eigenvalue weighted by molar-refractivity contribution is 5.82. The Labute approximate surface area is 116 Å². The number of non-ortho nitro benzene ring substituents is 1. The molecule has 0 saturated carbocycles. The van der Waals surface area contributed by atoms with E-state index in [2.05, 4.69) is 22.2 Å². The number of benzene rings is 1. The standard InChI is InChI=1S/C14H16N4O2/c1-17-7-6-11(9-17)15-14-5-2-10-8-12(18(19)20)3-4-13(10)16-14/h2-5,8,11H,6-7,9H2,1H3,(H,15,16). The third kappa shape index (κ3) is 2.55. The van der Waals surface area contributed by atoms with Crippen molar-refractivity contribution in [3.63, 3.8) is 0 Å². The predicted molar refractivity (Wildman–Crippen MR) is 77.9 cm³/mol. The van der Waals surface area contributed by atoms with Crippen molar-refractivity contribution in [3.8, 4) is 0 Å². The number of anilines is 1. The lowest BCUT2D eigenvalue weighted by molar-refractivity contribution is -0.384. The Morgan fingerprint density at radius 3 is 2.95 bits per heavy atom. The van der Waals surface area contributed by atoms with Crippen molar-refractivity contribution >= 4 is 22.4 Å². The summed E-state index contributed by atoms with van der Waals surface area (Å²) in [6.07, 6.45) is 1.11. The second-order valence-corrected chi connectivity index (χ2v) is 5.22. The van der Waals surface area contributed by atoms with Crippen LogP contribution in [0.1, 0.15) is 6.42 Å². The monoisotopic (exact) mass is 272 g/mol. The molecule has 6 heteroatoms. The maximum atomic E-state index is 10.7. The molecule has 1 aliphatic heterocycles. The van der Waals surface area contributed by atoms with E-state index in [0.29, 0.717) is 6.04 Å². The Bertz CT molecular complexity index is 659. The fourth-order valence-corrected chi connectivity index (χ4v) is 2.57. The zero-order valence-electron chi connectivity index (χ0n) is 11.2. The van der Waals surface area contributed by atoms with Crippen LogP contribution in [0.25, 0.3) is 10.9 Å². The van der Waals surface area contributed by atoms with Crippen LogP contribution in [0.3, 0.4) is 0 Å². The van der Waals surface area contributed by atoms with E-state index in [0.717, 1.165) is 36.2 Å². The quantitative estimate of drug-likeness (QED) is 0.685. The molecule has 1 aromatic heterocycles. The van der Waals surface area contributed by atoms with Crippen LogP contribution in [-0.4, -0.2) is 41.0 Å². The highest BCUT2D eigenvalue weighted by atomic mass is 16.6. The topological polar surface area (TPSA) is 71.3 Å². The van der Waals surface area contributed by atoms with Crippen LogP contribution in [0.4, 0.5) is 11.5 Å². The van der Waals surface area contributed by atoms with Gasteiger partial charge in [0.1, 0.15) is 5.82 Å². The van der Waals surface area contributed by atoms with Crippen molar-refractivity contribution in [2.75, 3.05) is 25.5 Å². The molecule has 1 saturated heterocycles. The van der Waals surface area contributed by atoms with Crippen LogP contribution < -0.4 is 5.32 Å². The van der Waals surface area contributed by atoms with Gasteiger partial charge in [-0.3, -0.25) is 10.1 Å². The number of nitrogens with zero attached hydrogens (tertiary/aromatic N) is 3. The number of nitro groups is 1. The molecule has 0 aliphatic carbocycles. The largest absolute Gasteiger partial charge is 0.366 e. The summed E-state index contributed by atoms with van der Waals surface area (Å²) >= 11 is 0. The summed E-state index contributed by atoms with van der Waals surface area (Å²) < 4.78 is 0. The van der Waals surface area contributed by atoms with E-state index >= 15 is 0 Å². The van der Waals surface area contributed by atoms with Gasteiger partial charge in [0.05, 0.1) is 10.4 Å². The molecule has 2 aromatic rings. The third-order valence-electron chi connectivity index (χ3n) is 3.63. The zero-order chi connectivity index (χ0) is 14.1. The number of nitrogens with one attached hydrogen (secondary N) is 1. The minimum atomic E-state index is -0.389. The van der Waals surface area contributed by atoms with E-state index in [4.69, 9.17) is 0 Å². The highest BCUT2D eigenvalue weighted by Gasteiger charge is 2.19. The first kappa shape index (κ1) is 12.8. The normalized spacial score (nSPS) is 19.4. The summed E-state index contributed by atoms with van der Waals surface area (Å²) in [5.41, 5.74) is 0.865. The molecule has 2 heterocycles. The number of hydrogen-bond donors (Lipinski definition) is 1. The number of rotatable bonds is 3. The lowest BCUT2D eigenvalue weighted by Crippen LogP contribution is -2.23. The smallest absolute Gasteiger partial charge is 0.270 e. The van der Waals surface area contributed by atoms with E-state index in [1.54, 1.807) is 12.1 Å². The molecule has 1 aliphatic rings. The van der Waals surface area contributed by atoms with Gasteiger partial charge >= 0.3 is 0 Å². The van der Waals surface area contributed by atoms with Gasteiger partial charge in [0.25, 0.3) is 5.69 Å². The van der Waals surface area contributed by atoms with Crippen LogP contribution in [0.5, 0.6) is 0 Å². The van der Waals surface area contributed by atoms with Crippen LogP contribution in [0, 0.1) is 10.1 Å². The van der Waals surface area contributed by atoms with Crippen molar-refractivity contribution in [1.82, 2.24) is 9.88 Å². The third-order valence-corrected chi connectivity index (χ3v) is 3.63. The molecule has 104 valence electrons. The number of likely N-dealkylation sites (tertiary alicyclic amines) is 1. The summed E-state index contributed by atoms with van der Waals surface area (Å²) in [5, 5.41) is 14.9. The second kappa shape index (κ2) is 5.05. The lowest BCUT2D eigenvalue weighted by atomic mass is 10.2. The van der Waals surface area contributed by atoms with Crippen LogP contribution in [0.2, 0.25) is 0 Å². The van der Waals surface area contributed by atoms with Crippen molar-refractivity contribution in [1.29, 1.82) is 0 Å². The van der Waals surface area contributed by atoms with Gasteiger partial charge in [-0.25, -0.2) is 4.98 Å². The van der Waals surface area contributed by atoms with Gasteiger partial charge in [0, 0.05) is 30.1 Å². The molecule has 1 aromatic carbocycles. The summed E-state index contributed by atoms with van der Waals surface area (Å²) in [4.78, 5) is 17.1. The molecule has 1 unspecified atom stereocenters.